The van der Waals surface area contributed by atoms with E-state index >= 15 is 0 Å². The molecule has 256 valence electrons. The van der Waals surface area contributed by atoms with Gasteiger partial charge in [-0.2, -0.15) is 5.26 Å². The number of carbonyl (C=O) groups excluding carboxylic acids is 1. The third-order valence-electron chi connectivity index (χ3n) is 7.65. The van der Waals surface area contributed by atoms with Crippen molar-refractivity contribution in [3.05, 3.63) is 143 Å². The fraction of sp³-hybridized carbons (Fsp3) is 0.184. The van der Waals surface area contributed by atoms with E-state index in [1.165, 1.54) is 7.11 Å². The summed E-state index contributed by atoms with van der Waals surface area (Å²) in [6, 6.07) is 31.4. The number of hydrogen-bond acceptors (Lipinski definition) is 9. The molecule has 2 N–H and O–H groups in total. The predicted molar refractivity (Wildman–Crippen MR) is 192 cm³/mol. The predicted octanol–water partition coefficient (Wildman–Crippen LogP) is 6.55. The van der Waals surface area contributed by atoms with Crippen molar-refractivity contribution in [3.63, 3.8) is 0 Å². The average Bonchev–Trinajstić information content (AvgIpc) is 3.10. The Morgan fingerprint density at radius 3 is 2.22 bits per heavy atom. The zero-order chi connectivity index (χ0) is 35.5. The molecule has 1 amide bonds. The molecule has 1 aromatic heterocycles. The summed E-state index contributed by atoms with van der Waals surface area (Å²) in [5, 5.41) is 9.25. The highest BCUT2D eigenvalue weighted by Crippen LogP contribution is 2.32. The molecule has 0 aliphatic heterocycles. The first-order valence-electron chi connectivity index (χ1n) is 15.7. The van der Waals surface area contributed by atoms with E-state index in [0.29, 0.717) is 60.2 Å². The van der Waals surface area contributed by atoms with E-state index < -0.39 is 15.9 Å². The minimum atomic E-state index is -3.48. The van der Waals surface area contributed by atoms with Gasteiger partial charge < -0.3 is 14.4 Å². The Morgan fingerprint density at radius 2 is 1.58 bits per heavy atom. The standard InChI is InChI=1S/C38H37N5O6S/c1-27-36(42-50(3,45)46)7-4-8-37(27)43(25-30-11-9-28(23-39)10-12-30)26-31-13-15-33(16-14-31)49-35-21-32(38(44)41-47-2)20-34(22-35)48-19-17-29-6-5-18-40-24-29/h4-16,18,20-22,24,42H,17,19,25-26H2,1-3H3,(H,41,44). The highest BCUT2D eigenvalue weighted by molar-refractivity contribution is 7.92. The van der Waals surface area contributed by atoms with Gasteiger partial charge in [-0.05, 0) is 83.8 Å². The lowest BCUT2D eigenvalue weighted by Gasteiger charge is -2.28. The molecule has 0 bridgehead atoms. The van der Waals surface area contributed by atoms with Gasteiger partial charge in [0.25, 0.3) is 5.91 Å². The van der Waals surface area contributed by atoms with Gasteiger partial charge in [0, 0.05) is 49.2 Å². The van der Waals surface area contributed by atoms with Crippen molar-refractivity contribution in [3.8, 4) is 23.3 Å². The first-order chi connectivity index (χ1) is 24.1. The maximum Gasteiger partial charge on any atom is 0.275 e. The fourth-order valence-corrected chi connectivity index (χ4v) is 5.88. The van der Waals surface area contributed by atoms with E-state index in [2.05, 4.69) is 26.2 Å². The Kier molecular flexibility index (Phi) is 11.7. The molecule has 0 atom stereocenters. The number of nitrogens with one attached hydrogen (secondary N) is 2. The van der Waals surface area contributed by atoms with Crippen LogP contribution in [0.1, 0.15) is 38.2 Å². The first kappa shape index (κ1) is 35.4. The summed E-state index contributed by atoms with van der Waals surface area (Å²) in [5.74, 6) is 0.976. The molecule has 5 aromatic rings. The molecule has 0 spiro atoms. The smallest absolute Gasteiger partial charge is 0.275 e. The van der Waals surface area contributed by atoms with Crippen LogP contribution >= 0.6 is 0 Å². The maximum atomic E-state index is 12.6. The fourth-order valence-electron chi connectivity index (χ4n) is 5.26. The molecule has 0 aliphatic carbocycles. The molecule has 0 saturated carbocycles. The summed E-state index contributed by atoms with van der Waals surface area (Å²) in [6.07, 6.45) is 5.26. The number of hydrogen-bond donors (Lipinski definition) is 2. The zero-order valence-corrected chi connectivity index (χ0v) is 28.7. The zero-order valence-electron chi connectivity index (χ0n) is 27.9. The number of carbonyl (C=O) groups is 1. The highest BCUT2D eigenvalue weighted by Gasteiger charge is 2.16. The second-order valence-electron chi connectivity index (χ2n) is 11.5. The van der Waals surface area contributed by atoms with Crippen LogP contribution in [-0.4, -0.2) is 39.3 Å². The van der Waals surface area contributed by atoms with Crippen LogP contribution < -0.4 is 24.6 Å². The van der Waals surface area contributed by atoms with Crippen LogP contribution in [0.2, 0.25) is 0 Å². The summed E-state index contributed by atoms with van der Waals surface area (Å²) in [7, 11) is -2.12. The second-order valence-corrected chi connectivity index (χ2v) is 13.3. The Morgan fingerprint density at radius 1 is 0.880 bits per heavy atom. The first-order valence-corrected chi connectivity index (χ1v) is 17.6. The molecule has 1 heterocycles. The largest absolute Gasteiger partial charge is 0.493 e. The molecule has 0 aliphatic rings. The van der Waals surface area contributed by atoms with Crippen LogP contribution in [0.4, 0.5) is 11.4 Å². The molecule has 0 unspecified atom stereocenters. The van der Waals surface area contributed by atoms with Gasteiger partial charge in [-0.3, -0.25) is 19.3 Å². The van der Waals surface area contributed by atoms with Gasteiger partial charge in [-0.15, -0.1) is 0 Å². The van der Waals surface area contributed by atoms with Crippen molar-refractivity contribution in [2.24, 2.45) is 0 Å². The van der Waals surface area contributed by atoms with Gasteiger partial charge in [0.05, 0.1) is 37.3 Å². The number of anilines is 2. The van der Waals surface area contributed by atoms with E-state index in [1.807, 2.05) is 67.6 Å². The van der Waals surface area contributed by atoms with E-state index in [0.717, 1.165) is 34.2 Å². The number of benzene rings is 4. The number of hydroxylamine groups is 1. The molecule has 0 saturated heterocycles. The van der Waals surface area contributed by atoms with Gasteiger partial charge in [0.1, 0.15) is 17.2 Å². The Hall–Kier alpha value is -5.90. The Labute approximate surface area is 292 Å². The molecule has 12 heteroatoms. The Balaban J connectivity index is 1.36. The number of amides is 1. The molecular weight excluding hydrogens is 655 g/mol. The summed E-state index contributed by atoms with van der Waals surface area (Å²) in [5.41, 5.74) is 8.33. The summed E-state index contributed by atoms with van der Waals surface area (Å²) < 4.78 is 38.9. The maximum absolute atomic E-state index is 12.6. The number of nitrogens with zero attached hydrogens (tertiary/aromatic N) is 3. The normalized spacial score (nSPS) is 10.9. The van der Waals surface area contributed by atoms with Gasteiger partial charge in [-0.1, -0.05) is 36.4 Å². The van der Waals surface area contributed by atoms with Crippen LogP contribution in [0.3, 0.4) is 0 Å². The molecule has 11 nitrogen and oxygen atoms in total. The number of rotatable bonds is 15. The summed E-state index contributed by atoms with van der Waals surface area (Å²) in [4.78, 5) is 23.7. The third-order valence-corrected chi connectivity index (χ3v) is 8.24. The van der Waals surface area contributed by atoms with Crippen molar-refractivity contribution in [1.82, 2.24) is 10.5 Å². The van der Waals surface area contributed by atoms with Crippen molar-refractivity contribution in [2.45, 2.75) is 26.4 Å². The summed E-state index contributed by atoms with van der Waals surface area (Å²) in [6.45, 7) is 3.25. The molecule has 0 fully saturated rings. The summed E-state index contributed by atoms with van der Waals surface area (Å²) >= 11 is 0. The molecule has 5 rings (SSSR count). The minimum absolute atomic E-state index is 0.304. The molecule has 50 heavy (non-hydrogen) atoms. The molecular formula is C38H37N5O6S. The lowest BCUT2D eigenvalue weighted by molar-refractivity contribution is 0.0537. The quantitative estimate of drug-likeness (QED) is 0.117. The van der Waals surface area contributed by atoms with Crippen molar-refractivity contribution in [1.29, 1.82) is 5.26 Å². The van der Waals surface area contributed by atoms with Gasteiger partial charge in [-0.25, -0.2) is 13.9 Å². The number of nitriles is 1. The van der Waals surface area contributed by atoms with Crippen molar-refractivity contribution < 1.29 is 27.5 Å². The number of pyridine rings is 1. The van der Waals surface area contributed by atoms with Crippen LogP contribution in [0.25, 0.3) is 0 Å². The van der Waals surface area contributed by atoms with Crippen molar-refractivity contribution >= 4 is 27.3 Å². The van der Waals surface area contributed by atoms with Gasteiger partial charge in [0.2, 0.25) is 10.0 Å². The third kappa shape index (κ3) is 10.1. The SMILES string of the molecule is CONC(=O)c1cc(OCCc2cccnc2)cc(Oc2ccc(CN(Cc3ccc(C#N)cc3)c3cccc(NS(C)(=O)=O)c3C)cc2)c1. The van der Waals surface area contributed by atoms with Crippen LogP contribution in [-0.2, 0) is 34.4 Å². The molecule has 0 radical (unpaired) electrons. The Bertz CT molecular complexity index is 2070. The van der Waals surface area contributed by atoms with Crippen LogP contribution in [0, 0.1) is 18.3 Å². The lowest BCUT2D eigenvalue weighted by atomic mass is 10.1. The minimum Gasteiger partial charge on any atom is -0.493 e. The second kappa shape index (κ2) is 16.5. The van der Waals surface area contributed by atoms with Crippen LogP contribution in [0.15, 0.2) is 109 Å². The lowest BCUT2D eigenvalue weighted by Crippen LogP contribution is -2.23. The van der Waals surface area contributed by atoms with Crippen molar-refractivity contribution in [2.75, 3.05) is 29.6 Å². The van der Waals surface area contributed by atoms with Gasteiger partial charge >= 0.3 is 0 Å². The van der Waals surface area contributed by atoms with Crippen LogP contribution in [0.5, 0.6) is 17.2 Å². The monoisotopic (exact) mass is 691 g/mol. The number of aromatic nitrogens is 1. The number of sulfonamides is 1. The van der Waals surface area contributed by atoms with E-state index in [4.69, 9.17) is 14.3 Å². The average molecular weight is 692 g/mol. The molecule has 4 aromatic carbocycles. The van der Waals surface area contributed by atoms with E-state index in [1.54, 1.807) is 48.8 Å². The highest BCUT2D eigenvalue weighted by atomic mass is 32.2. The van der Waals surface area contributed by atoms with E-state index in [-0.39, 0.29) is 0 Å². The van der Waals surface area contributed by atoms with E-state index in [9.17, 15) is 18.5 Å². The topological polar surface area (TPSA) is 143 Å². The van der Waals surface area contributed by atoms with Gasteiger partial charge in [0.15, 0.2) is 0 Å². The number of ether oxygens (including phenoxy) is 2.